The van der Waals surface area contributed by atoms with Crippen LogP contribution in [-0.4, -0.2) is 23.7 Å². The number of thiazole rings is 1. The molecule has 0 aliphatic carbocycles. The fraction of sp³-hybridized carbons (Fsp3) is 0.353. The van der Waals surface area contributed by atoms with Crippen LogP contribution in [0, 0.1) is 0 Å². The molecule has 0 fully saturated rings. The quantitative estimate of drug-likeness (QED) is 0.415. The molecular formula is C17H22N4O2S. The van der Waals surface area contributed by atoms with Gasteiger partial charge in [0.25, 0.3) is 0 Å². The van der Waals surface area contributed by atoms with Crippen molar-refractivity contribution in [1.82, 2.24) is 10.4 Å². The fourth-order valence-corrected chi connectivity index (χ4v) is 2.54. The molecule has 6 nitrogen and oxygen atoms in total. The first kappa shape index (κ1) is 17.9. The van der Waals surface area contributed by atoms with E-state index in [1.54, 1.807) is 11.6 Å². The highest BCUT2D eigenvalue weighted by Crippen LogP contribution is 2.12. The van der Waals surface area contributed by atoms with Crippen molar-refractivity contribution >= 4 is 28.6 Å². The van der Waals surface area contributed by atoms with Gasteiger partial charge < -0.3 is 10.5 Å². The highest BCUT2D eigenvalue weighted by molar-refractivity contribution is 7.13. The molecule has 0 radical (unpaired) electrons. The lowest BCUT2D eigenvalue weighted by molar-refractivity contribution is -0.120. The number of hydrogen-bond donors (Lipinski definition) is 2. The van der Waals surface area contributed by atoms with Crippen LogP contribution in [0.15, 0.2) is 34.7 Å². The number of carbonyl (C=O) groups is 1. The van der Waals surface area contributed by atoms with Crippen LogP contribution < -0.4 is 15.9 Å². The Bertz CT molecular complexity index is 667. The molecule has 128 valence electrons. The summed E-state index contributed by atoms with van der Waals surface area (Å²) >= 11 is 1.31. The number of carbonyl (C=O) groups excluding carboxylic acids is 1. The summed E-state index contributed by atoms with van der Waals surface area (Å²) in [6, 6.07) is 7.58. The minimum atomic E-state index is -0.229. The van der Waals surface area contributed by atoms with Crippen molar-refractivity contribution in [2.45, 2.75) is 32.6 Å². The van der Waals surface area contributed by atoms with Crippen LogP contribution >= 0.6 is 11.3 Å². The summed E-state index contributed by atoms with van der Waals surface area (Å²) in [5.41, 5.74) is 9.53. The van der Waals surface area contributed by atoms with Crippen LogP contribution in [0.4, 0.5) is 5.13 Å². The maximum absolute atomic E-state index is 11.7. The molecule has 1 heterocycles. The number of benzene rings is 1. The molecule has 0 saturated carbocycles. The van der Waals surface area contributed by atoms with E-state index in [1.165, 1.54) is 24.2 Å². The molecule has 0 saturated heterocycles. The summed E-state index contributed by atoms with van der Waals surface area (Å²) in [7, 11) is 0. The normalized spacial score (nSPS) is 10.9. The van der Waals surface area contributed by atoms with E-state index in [9.17, 15) is 4.79 Å². The van der Waals surface area contributed by atoms with Gasteiger partial charge in [-0.25, -0.2) is 10.4 Å². The molecule has 2 rings (SSSR count). The van der Waals surface area contributed by atoms with Gasteiger partial charge in [-0.15, -0.1) is 11.3 Å². The van der Waals surface area contributed by atoms with Gasteiger partial charge in [-0.2, -0.15) is 5.10 Å². The van der Waals surface area contributed by atoms with Crippen molar-refractivity contribution < 1.29 is 9.53 Å². The van der Waals surface area contributed by atoms with Crippen molar-refractivity contribution in [2.24, 2.45) is 5.10 Å². The first-order valence-corrected chi connectivity index (χ1v) is 8.80. The van der Waals surface area contributed by atoms with Crippen molar-refractivity contribution in [3.8, 4) is 5.75 Å². The molecule has 1 aromatic carbocycles. The van der Waals surface area contributed by atoms with E-state index >= 15 is 0 Å². The number of rotatable bonds is 9. The van der Waals surface area contributed by atoms with Crippen LogP contribution in [0.3, 0.4) is 0 Å². The summed E-state index contributed by atoms with van der Waals surface area (Å²) in [5.74, 6) is 0.612. The van der Waals surface area contributed by atoms with Gasteiger partial charge in [0.15, 0.2) is 5.13 Å². The van der Waals surface area contributed by atoms with Gasteiger partial charge in [-0.05, 0) is 36.2 Å². The number of nitrogen functional groups attached to an aromatic ring is 1. The molecule has 0 spiro atoms. The molecule has 0 aliphatic heterocycles. The molecule has 0 unspecified atom stereocenters. The maximum Gasteiger partial charge on any atom is 0.246 e. The predicted molar refractivity (Wildman–Crippen MR) is 97.4 cm³/mol. The van der Waals surface area contributed by atoms with Gasteiger partial charge in [0, 0.05) is 5.38 Å². The number of amides is 1. The third-order valence-corrected chi connectivity index (χ3v) is 3.93. The number of unbranched alkanes of at least 4 members (excludes halogenated alkanes) is 2. The molecule has 3 N–H and O–H groups in total. The lowest BCUT2D eigenvalue weighted by Crippen LogP contribution is -2.19. The van der Waals surface area contributed by atoms with Gasteiger partial charge in [0.2, 0.25) is 5.91 Å². The van der Waals surface area contributed by atoms with E-state index in [0.29, 0.717) is 10.8 Å². The molecule has 0 atom stereocenters. The zero-order valence-corrected chi connectivity index (χ0v) is 14.5. The van der Waals surface area contributed by atoms with E-state index in [2.05, 4.69) is 22.4 Å². The minimum absolute atomic E-state index is 0.162. The monoisotopic (exact) mass is 346 g/mol. The van der Waals surface area contributed by atoms with Crippen molar-refractivity contribution in [3.63, 3.8) is 0 Å². The van der Waals surface area contributed by atoms with E-state index < -0.39 is 0 Å². The first-order valence-electron chi connectivity index (χ1n) is 7.92. The number of anilines is 1. The molecule has 24 heavy (non-hydrogen) atoms. The second-order valence-electron chi connectivity index (χ2n) is 5.27. The molecule has 0 aliphatic rings. The Morgan fingerprint density at radius 2 is 2.17 bits per heavy atom. The van der Waals surface area contributed by atoms with E-state index in [-0.39, 0.29) is 12.3 Å². The minimum Gasteiger partial charge on any atom is -0.494 e. The van der Waals surface area contributed by atoms with Gasteiger partial charge >= 0.3 is 0 Å². The zero-order chi connectivity index (χ0) is 17.2. The lowest BCUT2D eigenvalue weighted by Gasteiger charge is -2.05. The average molecular weight is 346 g/mol. The number of hydrazone groups is 1. The maximum atomic E-state index is 11.7. The second-order valence-corrected chi connectivity index (χ2v) is 6.16. The Balaban J connectivity index is 1.74. The van der Waals surface area contributed by atoms with Crippen molar-refractivity contribution in [3.05, 3.63) is 40.9 Å². The third-order valence-electron chi connectivity index (χ3n) is 3.21. The predicted octanol–water partition coefficient (Wildman–Crippen LogP) is 2.99. The Labute approximate surface area is 145 Å². The molecular weight excluding hydrogens is 324 g/mol. The summed E-state index contributed by atoms with van der Waals surface area (Å²) < 4.78 is 5.64. The molecule has 2 aromatic rings. The Kier molecular flexibility index (Phi) is 7.22. The fourth-order valence-electron chi connectivity index (χ4n) is 1.98. The van der Waals surface area contributed by atoms with E-state index in [0.717, 1.165) is 24.3 Å². The number of aromatic nitrogens is 1. The van der Waals surface area contributed by atoms with Gasteiger partial charge in [0.05, 0.1) is 24.9 Å². The van der Waals surface area contributed by atoms with Crippen molar-refractivity contribution in [2.75, 3.05) is 12.3 Å². The zero-order valence-electron chi connectivity index (χ0n) is 13.7. The highest BCUT2D eigenvalue weighted by Gasteiger charge is 2.05. The molecule has 0 bridgehead atoms. The number of hydrogen-bond acceptors (Lipinski definition) is 6. The van der Waals surface area contributed by atoms with Crippen LogP contribution in [0.5, 0.6) is 5.75 Å². The topological polar surface area (TPSA) is 89.6 Å². The number of ether oxygens (including phenoxy) is 1. The van der Waals surface area contributed by atoms with E-state index in [4.69, 9.17) is 10.5 Å². The summed E-state index contributed by atoms with van der Waals surface area (Å²) in [4.78, 5) is 15.7. The van der Waals surface area contributed by atoms with Crippen LogP contribution in [-0.2, 0) is 11.2 Å². The summed E-state index contributed by atoms with van der Waals surface area (Å²) in [5, 5.41) is 6.16. The van der Waals surface area contributed by atoms with E-state index in [1.807, 2.05) is 24.3 Å². The lowest BCUT2D eigenvalue weighted by atomic mass is 10.2. The van der Waals surface area contributed by atoms with Crippen LogP contribution in [0.25, 0.3) is 0 Å². The second kappa shape index (κ2) is 9.67. The van der Waals surface area contributed by atoms with Gasteiger partial charge in [-0.3, -0.25) is 4.79 Å². The highest BCUT2D eigenvalue weighted by atomic mass is 32.1. The number of nitrogens with one attached hydrogen (secondary N) is 1. The first-order chi connectivity index (χ1) is 11.7. The number of nitrogens with zero attached hydrogens (tertiary/aromatic N) is 2. The SMILES string of the molecule is CCCCCOc1ccc(/C=N/NC(=O)Cc2csc(N)n2)cc1. The molecule has 1 amide bonds. The molecule has 7 heteroatoms. The van der Waals surface area contributed by atoms with Crippen LogP contribution in [0.2, 0.25) is 0 Å². The van der Waals surface area contributed by atoms with Gasteiger partial charge in [-0.1, -0.05) is 19.8 Å². The summed E-state index contributed by atoms with van der Waals surface area (Å²) in [6.07, 6.45) is 5.18. The van der Waals surface area contributed by atoms with Crippen molar-refractivity contribution in [1.29, 1.82) is 0 Å². The third kappa shape index (κ3) is 6.37. The Morgan fingerprint density at radius 1 is 1.38 bits per heavy atom. The largest absolute Gasteiger partial charge is 0.494 e. The smallest absolute Gasteiger partial charge is 0.246 e. The number of nitrogens with two attached hydrogens (primary N) is 1. The average Bonchev–Trinajstić information content (AvgIpc) is 2.98. The Hall–Kier alpha value is -2.41. The standard InChI is InChI=1S/C17H22N4O2S/c1-2-3-4-9-23-15-7-5-13(6-8-15)11-19-21-16(22)10-14-12-24-17(18)20-14/h5-8,11-12H,2-4,9-10H2,1H3,(H2,18,20)(H,21,22)/b19-11+. The Morgan fingerprint density at radius 3 is 2.83 bits per heavy atom. The van der Waals surface area contributed by atoms with Crippen LogP contribution in [0.1, 0.15) is 37.4 Å². The summed E-state index contributed by atoms with van der Waals surface area (Å²) in [6.45, 7) is 2.90. The van der Waals surface area contributed by atoms with Gasteiger partial charge in [0.1, 0.15) is 5.75 Å². The molecule has 1 aromatic heterocycles.